The Bertz CT molecular complexity index is 276. The largest absolute Gasteiger partial charge is 0.185 e. The van der Waals surface area contributed by atoms with E-state index in [9.17, 15) is 0 Å². The summed E-state index contributed by atoms with van der Waals surface area (Å²) in [5, 5.41) is 10.5. The van der Waals surface area contributed by atoms with E-state index in [2.05, 4.69) is 36.6 Å². The van der Waals surface area contributed by atoms with Crippen molar-refractivity contribution >= 4 is 11.8 Å². The highest BCUT2D eigenvalue weighted by Crippen LogP contribution is 2.20. The van der Waals surface area contributed by atoms with Crippen LogP contribution in [-0.4, -0.2) is 5.75 Å². The minimum absolute atomic E-state index is 0.557. The molecule has 0 heterocycles. The summed E-state index contributed by atoms with van der Waals surface area (Å²) in [6, 6.07) is 10.4. The van der Waals surface area contributed by atoms with Crippen molar-refractivity contribution in [3.05, 3.63) is 35.9 Å². The summed E-state index contributed by atoms with van der Waals surface area (Å²) in [7, 11) is 0. The maximum absolute atomic E-state index is 8.36. The molecule has 1 unspecified atom stereocenters. The van der Waals surface area contributed by atoms with Crippen LogP contribution in [0.3, 0.4) is 0 Å². The first-order chi connectivity index (χ1) is 6.34. The van der Waals surface area contributed by atoms with Gasteiger partial charge in [-0.1, -0.05) is 37.3 Å². The topological polar surface area (TPSA) is 23.8 Å². The monoisotopic (exact) mass is 191 g/mol. The Hall–Kier alpha value is -0.940. The Morgan fingerprint density at radius 3 is 2.69 bits per heavy atom. The molecule has 0 aliphatic heterocycles. The molecule has 1 aromatic carbocycles. The summed E-state index contributed by atoms with van der Waals surface area (Å²) in [6.07, 6.45) is 1.07. The number of thioether (sulfide) groups is 1. The molecule has 0 N–H and O–H groups in total. The molecule has 1 atom stereocenters. The highest BCUT2D eigenvalue weighted by Gasteiger charge is 2.03. The van der Waals surface area contributed by atoms with Crippen molar-refractivity contribution in [2.24, 2.45) is 0 Å². The van der Waals surface area contributed by atoms with Crippen LogP contribution < -0.4 is 0 Å². The standard InChI is InChI=1S/C11H13NS/c1-10(7-8-13-9-12)11-5-3-2-4-6-11/h2-6,10H,7-8H2,1H3. The molecule has 0 aliphatic rings. The normalized spacial score (nSPS) is 12.0. The summed E-state index contributed by atoms with van der Waals surface area (Å²) < 4.78 is 0. The maximum atomic E-state index is 8.36. The second kappa shape index (κ2) is 5.66. The molecular weight excluding hydrogens is 178 g/mol. The van der Waals surface area contributed by atoms with Crippen LogP contribution >= 0.6 is 11.8 Å². The lowest BCUT2D eigenvalue weighted by molar-refractivity contribution is 0.742. The van der Waals surface area contributed by atoms with Crippen LogP contribution in [0.4, 0.5) is 0 Å². The highest BCUT2D eigenvalue weighted by molar-refractivity contribution is 8.03. The van der Waals surface area contributed by atoms with Crippen molar-refractivity contribution in [1.29, 1.82) is 5.26 Å². The van der Waals surface area contributed by atoms with Gasteiger partial charge in [0.25, 0.3) is 0 Å². The quantitative estimate of drug-likeness (QED) is 0.538. The van der Waals surface area contributed by atoms with Gasteiger partial charge in [0.05, 0.1) is 0 Å². The molecule has 0 bridgehead atoms. The van der Waals surface area contributed by atoms with Crippen molar-refractivity contribution < 1.29 is 0 Å². The van der Waals surface area contributed by atoms with Gasteiger partial charge in [0.15, 0.2) is 0 Å². The van der Waals surface area contributed by atoms with Crippen molar-refractivity contribution in [3.8, 4) is 5.40 Å². The molecule has 2 heteroatoms. The van der Waals surface area contributed by atoms with Gasteiger partial charge in [-0.25, -0.2) is 0 Å². The van der Waals surface area contributed by atoms with Crippen LogP contribution in [0.5, 0.6) is 0 Å². The van der Waals surface area contributed by atoms with E-state index in [0.29, 0.717) is 5.92 Å². The van der Waals surface area contributed by atoms with Gasteiger partial charge in [-0.15, -0.1) is 0 Å². The number of hydrogen-bond acceptors (Lipinski definition) is 2. The molecule has 0 saturated carbocycles. The van der Waals surface area contributed by atoms with Gasteiger partial charge in [-0.2, -0.15) is 5.26 Å². The van der Waals surface area contributed by atoms with E-state index in [1.807, 2.05) is 6.07 Å². The molecule has 1 rings (SSSR count). The Morgan fingerprint density at radius 2 is 2.08 bits per heavy atom. The number of nitriles is 1. The molecule has 1 aromatic rings. The first-order valence-corrected chi connectivity index (χ1v) is 5.39. The molecule has 0 saturated heterocycles. The third-order valence-corrected chi connectivity index (χ3v) is 2.66. The highest BCUT2D eigenvalue weighted by atomic mass is 32.2. The lowest BCUT2D eigenvalue weighted by atomic mass is 9.99. The number of hydrogen-bond donors (Lipinski definition) is 0. The average molecular weight is 191 g/mol. The Morgan fingerprint density at radius 1 is 1.38 bits per heavy atom. The number of nitrogens with zero attached hydrogens (tertiary/aromatic N) is 1. The second-order valence-electron chi connectivity index (χ2n) is 3.04. The fourth-order valence-electron chi connectivity index (χ4n) is 1.23. The van der Waals surface area contributed by atoms with Crippen molar-refractivity contribution in [3.63, 3.8) is 0 Å². The molecule has 0 fully saturated rings. The van der Waals surface area contributed by atoms with Gasteiger partial charge >= 0.3 is 0 Å². The van der Waals surface area contributed by atoms with Crippen LogP contribution in [0.15, 0.2) is 30.3 Å². The third-order valence-electron chi connectivity index (χ3n) is 2.09. The van der Waals surface area contributed by atoms with Crippen molar-refractivity contribution in [2.45, 2.75) is 19.3 Å². The zero-order valence-electron chi connectivity index (χ0n) is 7.73. The van der Waals surface area contributed by atoms with Gasteiger partial charge in [0.2, 0.25) is 0 Å². The first-order valence-electron chi connectivity index (χ1n) is 4.40. The summed E-state index contributed by atoms with van der Waals surface area (Å²) in [5.41, 5.74) is 1.36. The van der Waals surface area contributed by atoms with Crippen LogP contribution in [0.25, 0.3) is 0 Å². The predicted octanol–water partition coefficient (Wildman–Crippen LogP) is 3.39. The fraction of sp³-hybridized carbons (Fsp3) is 0.364. The Balaban J connectivity index is 2.41. The summed E-state index contributed by atoms with van der Waals surface area (Å²) in [4.78, 5) is 0. The first kappa shape index (κ1) is 10.1. The van der Waals surface area contributed by atoms with E-state index in [4.69, 9.17) is 5.26 Å². The van der Waals surface area contributed by atoms with E-state index in [1.54, 1.807) is 0 Å². The molecule has 0 radical (unpaired) electrons. The minimum atomic E-state index is 0.557. The van der Waals surface area contributed by atoms with Gasteiger partial charge in [0.1, 0.15) is 5.40 Å². The van der Waals surface area contributed by atoms with Crippen molar-refractivity contribution in [2.75, 3.05) is 5.75 Å². The molecular formula is C11H13NS. The van der Waals surface area contributed by atoms with Gasteiger partial charge in [-0.3, -0.25) is 0 Å². The zero-order valence-corrected chi connectivity index (χ0v) is 8.55. The molecule has 0 amide bonds. The van der Waals surface area contributed by atoms with Crippen LogP contribution in [0, 0.1) is 10.7 Å². The number of benzene rings is 1. The van der Waals surface area contributed by atoms with Gasteiger partial charge in [0, 0.05) is 5.75 Å². The van der Waals surface area contributed by atoms with E-state index >= 15 is 0 Å². The van der Waals surface area contributed by atoms with Crippen molar-refractivity contribution in [1.82, 2.24) is 0 Å². The fourth-order valence-corrected chi connectivity index (χ4v) is 1.79. The van der Waals surface area contributed by atoms with Crippen LogP contribution in [0.2, 0.25) is 0 Å². The molecule has 1 nitrogen and oxygen atoms in total. The molecule has 13 heavy (non-hydrogen) atoms. The summed E-state index contributed by atoms with van der Waals surface area (Å²) >= 11 is 1.34. The van der Waals surface area contributed by atoms with Gasteiger partial charge < -0.3 is 0 Å². The zero-order chi connectivity index (χ0) is 9.52. The van der Waals surface area contributed by atoms with E-state index in [1.165, 1.54) is 17.3 Å². The lowest BCUT2D eigenvalue weighted by Crippen LogP contribution is -1.94. The predicted molar refractivity (Wildman–Crippen MR) is 57.5 cm³/mol. The van der Waals surface area contributed by atoms with Crippen LogP contribution in [-0.2, 0) is 0 Å². The molecule has 0 aromatic heterocycles. The Labute approximate surface area is 83.8 Å². The van der Waals surface area contributed by atoms with E-state index < -0.39 is 0 Å². The van der Waals surface area contributed by atoms with E-state index in [0.717, 1.165) is 12.2 Å². The third kappa shape index (κ3) is 3.52. The molecule has 0 aliphatic carbocycles. The number of thiocyanates is 1. The minimum Gasteiger partial charge on any atom is -0.185 e. The Kier molecular flexibility index (Phi) is 4.42. The second-order valence-corrected chi connectivity index (χ2v) is 3.92. The average Bonchev–Trinajstić information content (AvgIpc) is 2.19. The SMILES string of the molecule is CC(CCSC#N)c1ccccc1. The molecule has 0 spiro atoms. The smallest absolute Gasteiger partial charge is 0.133 e. The van der Waals surface area contributed by atoms with Gasteiger partial charge in [-0.05, 0) is 29.7 Å². The van der Waals surface area contributed by atoms with Crippen LogP contribution in [0.1, 0.15) is 24.8 Å². The summed E-state index contributed by atoms with van der Waals surface area (Å²) in [5.74, 6) is 1.48. The van der Waals surface area contributed by atoms with E-state index in [-0.39, 0.29) is 0 Å². The number of rotatable bonds is 4. The maximum Gasteiger partial charge on any atom is 0.133 e. The molecule has 68 valence electrons. The lowest BCUT2D eigenvalue weighted by Gasteiger charge is -2.09. The summed E-state index contributed by atoms with van der Waals surface area (Å²) in [6.45, 7) is 2.20.